The first-order valence-corrected chi connectivity index (χ1v) is 9.68. The van der Waals surface area contributed by atoms with Gasteiger partial charge in [-0.25, -0.2) is 14.4 Å². The van der Waals surface area contributed by atoms with Gasteiger partial charge in [-0.3, -0.25) is 4.90 Å². The number of fused-ring (bicyclic) bond motifs is 1. The van der Waals surface area contributed by atoms with Gasteiger partial charge in [-0.2, -0.15) is 4.98 Å². The Morgan fingerprint density at radius 2 is 1.86 bits per heavy atom. The first-order chi connectivity index (χ1) is 13.5. The number of nitrogens with zero attached hydrogens (tertiary/aromatic N) is 4. The van der Waals surface area contributed by atoms with Crippen molar-refractivity contribution in [2.45, 2.75) is 45.8 Å². The van der Waals surface area contributed by atoms with Crippen molar-refractivity contribution in [3.8, 4) is 17.5 Å². The van der Waals surface area contributed by atoms with Crippen LogP contribution >= 0.6 is 0 Å². The zero-order valence-electron chi connectivity index (χ0n) is 16.4. The maximum Gasteiger partial charge on any atom is 0.257 e. The van der Waals surface area contributed by atoms with E-state index in [9.17, 15) is 4.39 Å². The Hall–Kier alpha value is -2.48. The van der Waals surface area contributed by atoms with Crippen molar-refractivity contribution in [2.24, 2.45) is 0 Å². The molecule has 0 radical (unpaired) electrons. The van der Waals surface area contributed by atoms with Crippen LogP contribution in [0.5, 0.6) is 17.5 Å². The van der Waals surface area contributed by atoms with E-state index in [1.807, 2.05) is 26.8 Å². The molecule has 2 aliphatic heterocycles. The van der Waals surface area contributed by atoms with E-state index in [1.165, 1.54) is 6.07 Å². The minimum atomic E-state index is -0.359. The first kappa shape index (κ1) is 18.9. The molecule has 7 nitrogen and oxygen atoms in total. The van der Waals surface area contributed by atoms with Gasteiger partial charge in [-0.05, 0) is 33.6 Å². The highest BCUT2D eigenvalue weighted by molar-refractivity contribution is 5.37. The van der Waals surface area contributed by atoms with Gasteiger partial charge < -0.3 is 14.2 Å². The van der Waals surface area contributed by atoms with Crippen LogP contribution in [0, 0.1) is 19.7 Å². The molecule has 0 amide bonds. The molecule has 1 atom stereocenters. The molecule has 2 aromatic rings. The number of likely N-dealkylation sites (tertiary alicyclic amines) is 1. The minimum Gasteiger partial charge on any atom is -0.484 e. The van der Waals surface area contributed by atoms with E-state index in [0.717, 1.165) is 31.6 Å². The van der Waals surface area contributed by atoms with Crippen LogP contribution in [0.15, 0.2) is 12.1 Å². The third-order valence-corrected chi connectivity index (χ3v) is 5.16. The topological polar surface area (TPSA) is 69.6 Å². The molecule has 0 bridgehead atoms. The Labute approximate surface area is 163 Å². The summed E-state index contributed by atoms with van der Waals surface area (Å²) in [5.74, 6) is 1.73. The lowest BCUT2D eigenvalue weighted by Gasteiger charge is -2.35. The van der Waals surface area contributed by atoms with Gasteiger partial charge in [0.05, 0.1) is 11.7 Å². The van der Waals surface area contributed by atoms with Gasteiger partial charge in [0.1, 0.15) is 31.0 Å². The summed E-state index contributed by atoms with van der Waals surface area (Å²) in [6.07, 6.45) is 1.78. The fraction of sp³-hybridized carbons (Fsp3) is 0.550. The fourth-order valence-corrected chi connectivity index (χ4v) is 3.73. The second kappa shape index (κ2) is 7.87. The molecule has 0 aromatic carbocycles. The maximum atomic E-state index is 14.6. The summed E-state index contributed by atoms with van der Waals surface area (Å²) in [6.45, 7) is 8.21. The number of pyridine rings is 1. The van der Waals surface area contributed by atoms with Gasteiger partial charge in [-0.1, -0.05) is 0 Å². The zero-order valence-corrected chi connectivity index (χ0v) is 16.4. The van der Waals surface area contributed by atoms with Gasteiger partial charge in [0.2, 0.25) is 5.88 Å². The monoisotopic (exact) mass is 388 g/mol. The van der Waals surface area contributed by atoms with Gasteiger partial charge in [-0.15, -0.1) is 0 Å². The second-order valence-corrected chi connectivity index (χ2v) is 7.28. The van der Waals surface area contributed by atoms with Crippen molar-refractivity contribution in [1.29, 1.82) is 0 Å². The molecule has 28 heavy (non-hydrogen) atoms. The average molecular weight is 388 g/mol. The number of aryl methyl sites for hydroxylation is 2. The summed E-state index contributed by atoms with van der Waals surface area (Å²) >= 11 is 0. The predicted octanol–water partition coefficient (Wildman–Crippen LogP) is 3.00. The lowest BCUT2D eigenvalue weighted by atomic mass is 10.0. The van der Waals surface area contributed by atoms with Crippen molar-refractivity contribution < 1.29 is 18.6 Å². The van der Waals surface area contributed by atoms with E-state index in [2.05, 4.69) is 19.9 Å². The Balaban J connectivity index is 1.39. The van der Waals surface area contributed by atoms with Crippen molar-refractivity contribution in [1.82, 2.24) is 19.9 Å². The third kappa shape index (κ3) is 4.01. The summed E-state index contributed by atoms with van der Waals surface area (Å²) in [4.78, 5) is 15.2. The van der Waals surface area contributed by atoms with E-state index in [-0.39, 0.29) is 18.0 Å². The number of aromatic nitrogens is 3. The molecule has 0 N–H and O–H groups in total. The van der Waals surface area contributed by atoms with Gasteiger partial charge in [0, 0.05) is 30.9 Å². The summed E-state index contributed by atoms with van der Waals surface area (Å²) in [6, 6.07) is 3.08. The molecular formula is C20H25FN4O3. The van der Waals surface area contributed by atoms with Gasteiger partial charge in [0.15, 0.2) is 5.75 Å². The smallest absolute Gasteiger partial charge is 0.257 e. The van der Waals surface area contributed by atoms with Crippen LogP contribution in [0.3, 0.4) is 0 Å². The van der Waals surface area contributed by atoms with Crippen LogP contribution in [0.2, 0.25) is 0 Å². The highest BCUT2D eigenvalue weighted by Crippen LogP contribution is 2.34. The molecule has 0 unspecified atom stereocenters. The lowest BCUT2D eigenvalue weighted by Crippen LogP contribution is -2.40. The minimum absolute atomic E-state index is 0.0928. The lowest BCUT2D eigenvalue weighted by molar-refractivity contribution is 0.0739. The van der Waals surface area contributed by atoms with Crippen LogP contribution in [-0.2, 0) is 0 Å². The van der Waals surface area contributed by atoms with Crippen molar-refractivity contribution in [3.63, 3.8) is 0 Å². The fourth-order valence-electron chi connectivity index (χ4n) is 3.73. The van der Waals surface area contributed by atoms with Crippen LogP contribution in [-0.4, -0.2) is 52.3 Å². The quantitative estimate of drug-likeness (QED) is 0.797. The van der Waals surface area contributed by atoms with E-state index in [1.54, 1.807) is 0 Å². The normalized spacial score (nSPS) is 18.7. The molecule has 150 valence electrons. The molecule has 0 saturated carbocycles. The molecule has 0 spiro atoms. The Morgan fingerprint density at radius 1 is 1.11 bits per heavy atom. The standard InChI is InChI=1S/C20H25FN4O3/c1-12-10-18(23-14(3)22-12)28-15-4-6-25(7-5-15)13(2)19-16(21)11-17-20(24-19)27-9-8-26-17/h10-11,13,15H,4-9H2,1-3H3/t13-/m1/s1. The van der Waals surface area contributed by atoms with E-state index in [4.69, 9.17) is 14.2 Å². The third-order valence-electron chi connectivity index (χ3n) is 5.16. The molecule has 2 aromatic heterocycles. The Bertz CT molecular complexity index is 835. The molecule has 4 rings (SSSR count). The van der Waals surface area contributed by atoms with Crippen molar-refractivity contribution in [3.05, 3.63) is 35.2 Å². The van der Waals surface area contributed by atoms with Crippen LogP contribution in [0.4, 0.5) is 4.39 Å². The SMILES string of the molecule is Cc1cc(OC2CCN([C@H](C)c3nc4c(cc3F)OCCO4)CC2)nc(C)n1. The number of rotatable bonds is 4. The van der Waals surface area contributed by atoms with Crippen molar-refractivity contribution >= 4 is 0 Å². The molecule has 1 saturated heterocycles. The Kier molecular flexibility index (Phi) is 5.30. The number of halogens is 1. The van der Waals surface area contributed by atoms with E-state index in [0.29, 0.717) is 42.2 Å². The average Bonchev–Trinajstić information content (AvgIpc) is 2.67. The van der Waals surface area contributed by atoms with E-state index >= 15 is 0 Å². The molecule has 4 heterocycles. The summed E-state index contributed by atoms with van der Waals surface area (Å²) in [5.41, 5.74) is 1.29. The van der Waals surface area contributed by atoms with Crippen molar-refractivity contribution in [2.75, 3.05) is 26.3 Å². The number of ether oxygens (including phenoxy) is 3. The first-order valence-electron chi connectivity index (χ1n) is 9.68. The van der Waals surface area contributed by atoms with E-state index < -0.39 is 0 Å². The Morgan fingerprint density at radius 3 is 2.61 bits per heavy atom. The van der Waals surface area contributed by atoms with Gasteiger partial charge in [0.25, 0.3) is 5.88 Å². The molecular weight excluding hydrogens is 363 g/mol. The van der Waals surface area contributed by atoms with Crippen LogP contribution in [0.1, 0.15) is 43.0 Å². The van der Waals surface area contributed by atoms with Crippen LogP contribution in [0.25, 0.3) is 0 Å². The number of hydrogen-bond donors (Lipinski definition) is 0. The second-order valence-electron chi connectivity index (χ2n) is 7.28. The highest BCUT2D eigenvalue weighted by Gasteiger charge is 2.29. The summed E-state index contributed by atoms with van der Waals surface area (Å²) in [5, 5.41) is 0. The molecule has 1 fully saturated rings. The summed E-state index contributed by atoms with van der Waals surface area (Å²) in [7, 11) is 0. The largest absolute Gasteiger partial charge is 0.484 e. The summed E-state index contributed by atoms with van der Waals surface area (Å²) < 4.78 is 31.5. The van der Waals surface area contributed by atoms with Gasteiger partial charge >= 0.3 is 0 Å². The number of hydrogen-bond acceptors (Lipinski definition) is 7. The molecule has 2 aliphatic rings. The molecule has 8 heteroatoms. The highest BCUT2D eigenvalue weighted by atomic mass is 19.1. The van der Waals surface area contributed by atoms with Crippen LogP contribution < -0.4 is 14.2 Å². The maximum absolute atomic E-state index is 14.6. The zero-order chi connectivity index (χ0) is 19.7. The number of piperidine rings is 1. The molecule has 0 aliphatic carbocycles. The predicted molar refractivity (Wildman–Crippen MR) is 100 cm³/mol.